The average Bonchev–Trinajstić information content (AvgIpc) is 2.31. The highest BCUT2D eigenvalue weighted by Crippen LogP contribution is 2.22. The quantitative estimate of drug-likeness (QED) is 0.838. The number of anilines is 1. The first-order chi connectivity index (χ1) is 7.79. The summed E-state index contributed by atoms with van der Waals surface area (Å²) in [5.41, 5.74) is 7.07. The van der Waals surface area contributed by atoms with Crippen molar-refractivity contribution in [2.75, 3.05) is 24.6 Å². The third-order valence-corrected chi connectivity index (χ3v) is 2.92. The number of hydrogen-bond acceptors (Lipinski definition) is 4. The van der Waals surface area contributed by atoms with Gasteiger partial charge in [-0.15, -0.1) is 0 Å². The molecule has 0 spiro atoms. The average molecular weight is 221 g/mol. The Bertz CT molecular complexity index is 335. The number of pyridine rings is 1. The van der Waals surface area contributed by atoms with Crippen molar-refractivity contribution < 1.29 is 4.74 Å². The fraction of sp³-hybridized carbons (Fsp3) is 0.583. The van der Waals surface area contributed by atoms with Crippen LogP contribution in [0.15, 0.2) is 18.3 Å². The number of ether oxygens (including phenoxy) is 1. The molecule has 0 radical (unpaired) electrons. The third-order valence-electron chi connectivity index (χ3n) is 2.92. The Morgan fingerprint density at radius 3 is 2.94 bits per heavy atom. The van der Waals surface area contributed by atoms with Crippen LogP contribution in [0.5, 0.6) is 5.88 Å². The number of nitrogens with zero attached hydrogens (tertiary/aromatic N) is 2. The van der Waals surface area contributed by atoms with E-state index in [1.165, 1.54) is 5.69 Å². The topological polar surface area (TPSA) is 51.4 Å². The van der Waals surface area contributed by atoms with Crippen molar-refractivity contribution in [3.05, 3.63) is 18.3 Å². The van der Waals surface area contributed by atoms with Crippen LogP contribution in [0.2, 0.25) is 0 Å². The molecular formula is C12H19N3O. The van der Waals surface area contributed by atoms with Crippen molar-refractivity contribution in [1.29, 1.82) is 0 Å². The summed E-state index contributed by atoms with van der Waals surface area (Å²) in [6, 6.07) is 4.39. The first kappa shape index (κ1) is 11.2. The van der Waals surface area contributed by atoms with Gasteiger partial charge < -0.3 is 15.4 Å². The van der Waals surface area contributed by atoms with E-state index in [1.807, 2.05) is 19.1 Å². The number of nitrogens with two attached hydrogens (primary N) is 1. The van der Waals surface area contributed by atoms with Crippen LogP contribution < -0.4 is 15.4 Å². The zero-order valence-electron chi connectivity index (χ0n) is 9.72. The van der Waals surface area contributed by atoms with Gasteiger partial charge in [0.25, 0.3) is 0 Å². The third kappa shape index (κ3) is 2.64. The Morgan fingerprint density at radius 2 is 2.25 bits per heavy atom. The lowest BCUT2D eigenvalue weighted by Crippen LogP contribution is -2.39. The van der Waals surface area contributed by atoms with E-state index in [2.05, 4.69) is 9.88 Å². The van der Waals surface area contributed by atoms with Crippen LogP contribution in [0.3, 0.4) is 0 Å². The molecule has 2 rings (SSSR count). The smallest absolute Gasteiger partial charge is 0.215 e. The molecule has 4 heteroatoms. The van der Waals surface area contributed by atoms with Crippen molar-refractivity contribution in [2.45, 2.75) is 25.8 Å². The normalized spacial score (nSPS) is 17.5. The van der Waals surface area contributed by atoms with Crippen LogP contribution in [0.1, 0.15) is 19.8 Å². The molecule has 1 aliphatic heterocycles. The summed E-state index contributed by atoms with van der Waals surface area (Å²) in [6.07, 6.45) is 3.92. The van der Waals surface area contributed by atoms with Crippen LogP contribution in [0.4, 0.5) is 5.69 Å². The summed E-state index contributed by atoms with van der Waals surface area (Å²) in [6.45, 7) is 4.67. The molecule has 1 aromatic rings. The molecule has 2 heterocycles. The SMILES string of the molecule is CCOc1cc(N2CCC(N)CC2)ccn1. The fourth-order valence-electron chi connectivity index (χ4n) is 1.98. The Hall–Kier alpha value is -1.29. The Balaban J connectivity index is 2.05. The zero-order chi connectivity index (χ0) is 11.4. The van der Waals surface area contributed by atoms with E-state index in [0.717, 1.165) is 25.9 Å². The largest absolute Gasteiger partial charge is 0.478 e. The van der Waals surface area contributed by atoms with Gasteiger partial charge in [-0.2, -0.15) is 0 Å². The fourth-order valence-corrected chi connectivity index (χ4v) is 1.98. The Morgan fingerprint density at radius 1 is 1.50 bits per heavy atom. The molecule has 1 saturated heterocycles. The number of rotatable bonds is 3. The monoisotopic (exact) mass is 221 g/mol. The molecule has 0 aromatic carbocycles. The highest BCUT2D eigenvalue weighted by molar-refractivity contribution is 5.48. The summed E-state index contributed by atoms with van der Waals surface area (Å²) in [4.78, 5) is 6.51. The molecule has 0 unspecified atom stereocenters. The minimum absolute atomic E-state index is 0.365. The predicted molar refractivity (Wildman–Crippen MR) is 64.8 cm³/mol. The maximum Gasteiger partial charge on any atom is 0.215 e. The minimum Gasteiger partial charge on any atom is -0.478 e. The van der Waals surface area contributed by atoms with Crippen LogP contribution in [0.25, 0.3) is 0 Å². The van der Waals surface area contributed by atoms with Gasteiger partial charge in [0.15, 0.2) is 0 Å². The van der Waals surface area contributed by atoms with E-state index in [1.54, 1.807) is 6.20 Å². The van der Waals surface area contributed by atoms with Crippen LogP contribution >= 0.6 is 0 Å². The molecule has 1 aromatic heterocycles. The van der Waals surface area contributed by atoms with Gasteiger partial charge >= 0.3 is 0 Å². The first-order valence-electron chi connectivity index (χ1n) is 5.89. The van der Waals surface area contributed by atoms with E-state index < -0.39 is 0 Å². The summed E-state index contributed by atoms with van der Waals surface area (Å²) >= 11 is 0. The second-order valence-corrected chi connectivity index (χ2v) is 4.11. The summed E-state index contributed by atoms with van der Waals surface area (Å²) in [5.74, 6) is 0.704. The maximum atomic E-state index is 5.89. The lowest BCUT2D eigenvalue weighted by Gasteiger charge is -2.31. The second-order valence-electron chi connectivity index (χ2n) is 4.11. The van der Waals surface area contributed by atoms with Crippen molar-refractivity contribution in [3.8, 4) is 5.88 Å². The first-order valence-corrected chi connectivity index (χ1v) is 5.89. The maximum absolute atomic E-state index is 5.89. The standard InChI is InChI=1S/C12H19N3O/c1-2-16-12-9-11(3-6-14-12)15-7-4-10(13)5-8-15/h3,6,9-10H,2,4-5,7-8,13H2,1H3. The van der Waals surface area contributed by atoms with Crippen LogP contribution in [-0.2, 0) is 0 Å². The molecule has 0 aliphatic carbocycles. The van der Waals surface area contributed by atoms with E-state index in [0.29, 0.717) is 18.5 Å². The van der Waals surface area contributed by atoms with E-state index in [9.17, 15) is 0 Å². The lowest BCUT2D eigenvalue weighted by molar-refractivity contribution is 0.327. The molecule has 4 nitrogen and oxygen atoms in total. The van der Waals surface area contributed by atoms with E-state index in [-0.39, 0.29) is 0 Å². The lowest BCUT2D eigenvalue weighted by atomic mass is 10.1. The van der Waals surface area contributed by atoms with Crippen molar-refractivity contribution in [2.24, 2.45) is 5.73 Å². The summed E-state index contributed by atoms with van der Waals surface area (Å²) < 4.78 is 5.40. The Labute approximate surface area is 96.4 Å². The minimum atomic E-state index is 0.365. The van der Waals surface area contributed by atoms with Gasteiger partial charge in [-0.1, -0.05) is 0 Å². The van der Waals surface area contributed by atoms with E-state index in [4.69, 9.17) is 10.5 Å². The molecule has 1 fully saturated rings. The van der Waals surface area contributed by atoms with Crippen LogP contribution in [0, 0.1) is 0 Å². The molecule has 0 atom stereocenters. The molecular weight excluding hydrogens is 202 g/mol. The number of hydrogen-bond donors (Lipinski definition) is 1. The van der Waals surface area contributed by atoms with Crippen molar-refractivity contribution >= 4 is 5.69 Å². The van der Waals surface area contributed by atoms with Gasteiger partial charge in [-0.3, -0.25) is 0 Å². The van der Waals surface area contributed by atoms with Crippen molar-refractivity contribution in [1.82, 2.24) is 4.98 Å². The van der Waals surface area contributed by atoms with Crippen molar-refractivity contribution in [3.63, 3.8) is 0 Å². The molecule has 0 saturated carbocycles. The predicted octanol–water partition coefficient (Wildman–Crippen LogP) is 1.41. The van der Waals surface area contributed by atoms with Gasteiger partial charge in [-0.25, -0.2) is 4.98 Å². The van der Waals surface area contributed by atoms with Gasteiger partial charge in [-0.05, 0) is 25.8 Å². The highest BCUT2D eigenvalue weighted by atomic mass is 16.5. The second kappa shape index (κ2) is 5.16. The molecule has 0 bridgehead atoms. The highest BCUT2D eigenvalue weighted by Gasteiger charge is 2.16. The van der Waals surface area contributed by atoms with Gasteiger partial charge in [0.05, 0.1) is 6.61 Å². The van der Waals surface area contributed by atoms with Crippen LogP contribution in [-0.4, -0.2) is 30.7 Å². The Kier molecular flexibility index (Phi) is 3.62. The van der Waals surface area contributed by atoms with Gasteiger partial charge in [0, 0.05) is 37.1 Å². The van der Waals surface area contributed by atoms with E-state index >= 15 is 0 Å². The number of piperidine rings is 1. The zero-order valence-corrected chi connectivity index (χ0v) is 9.72. The summed E-state index contributed by atoms with van der Waals surface area (Å²) in [5, 5.41) is 0. The molecule has 88 valence electrons. The molecule has 1 aliphatic rings. The summed E-state index contributed by atoms with van der Waals surface area (Å²) in [7, 11) is 0. The molecule has 2 N–H and O–H groups in total. The van der Waals surface area contributed by atoms with Gasteiger partial charge in [0.2, 0.25) is 5.88 Å². The molecule has 16 heavy (non-hydrogen) atoms. The number of aromatic nitrogens is 1. The van der Waals surface area contributed by atoms with Gasteiger partial charge in [0.1, 0.15) is 0 Å². The molecule has 0 amide bonds.